The van der Waals surface area contributed by atoms with Gasteiger partial charge in [-0.2, -0.15) is 0 Å². The van der Waals surface area contributed by atoms with Crippen molar-refractivity contribution in [3.05, 3.63) is 59.4 Å². The van der Waals surface area contributed by atoms with Gasteiger partial charge in [-0.25, -0.2) is 4.39 Å². The molecule has 1 unspecified atom stereocenters. The molecule has 1 aliphatic carbocycles. The van der Waals surface area contributed by atoms with E-state index in [1.54, 1.807) is 12.1 Å². The number of halogens is 2. The standard InChI is InChI=1S/C22H25FN2O2.ClH/c1-15-12-16(2-7-20(15)27-18-5-3-17(23)4-6-18)14-25-21(26)19-13-22(19)8-10-24-11-9-22;/h2-7,12,19,24H,8-11,13-14H2,1H3,(H,25,26);1H. The topological polar surface area (TPSA) is 50.4 Å². The number of benzene rings is 2. The van der Waals surface area contributed by atoms with Gasteiger partial charge < -0.3 is 15.4 Å². The van der Waals surface area contributed by atoms with E-state index in [9.17, 15) is 9.18 Å². The lowest BCUT2D eigenvalue weighted by Crippen LogP contribution is -2.33. The second-order valence-corrected chi connectivity index (χ2v) is 7.74. The van der Waals surface area contributed by atoms with Crippen molar-refractivity contribution >= 4 is 18.3 Å². The third-order valence-electron chi connectivity index (χ3n) is 5.85. The van der Waals surface area contributed by atoms with E-state index in [2.05, 4.69) is 10.6 Å². The molecule has 1 atom stereocenters. The Morgan fingerprint density at radius 3 is 2.61 bits per heavy atom. The molecule has 0 aromatic heterocycles. The molecule has 2 fully saturated rings. The van der Waals surface area contributed by atoms with Crippen molar-refractivity contribution in [1.82, 2.24) is 10.6 Å². The summed E-state index contributed by atoms with van der Waals surface area (Å²) in [5.74, 6) is 1.41. The van der Waals surface area contributed by atoms with E-state index in [0.29, 0.717) is 12.3 Å². The number of hydrogen-bond acceptors (Lipinski definition) is 3. The molecule has 28 heavy (non-hydrogen) atoms. The number of amides is 1. The van der Waals surface area contributed by atoms with Gasteiger partial charge in [0.2, 0.25) is 5.91 Å². The Labute approximate surface area is 171 Å². The molecule has 1 saturated heterocycles. The zero-order valence-electron chi connectivity index (χ0n) is 16.0. The number of ether oxygens (including phenoxy) is 1. The molecule has 4 nitrogen and oxygen atoms in total. The lowest BCUT2D eigenvalue weighted by molar-refractivity contribution is -0.123. The largest absolute Gasteiger partial charge is 0.457 e. The molecule has 2 aliphatic rings. The molecular formula is C22H26ClFN2O2. The van der Waals surface area contributed by atoms with Gasteiger partial charge in [0.15, 0.2) is 0 Å². The van der Waals surface area contributed by atoms with Crippen molar-refractivity contribution in [3.63, 3.8) is 0 Å². The lowest BCUT2D eigenvalue weighted by atomic mass is 9.92. The summed E-state index contributed by atoms with van der Waals surface area (Å²) in [5, 5.41) is 6.46. The highest BCUT2D eigenvalue weighted by molar-refractivity contribution is 5.85. The summed E-state index contributed by atoms with van der Waals surface area (Å²) in [6, 6.07) is 11.8. The molecule has 1 heterocycles. The fraction of sp³-hybridized carbons (Fsp3) is 0.409. The number of carbonyl (C=O) groups is 1. The number of aryl methyl sites for hydroxylation is 1. The summed E-state index contributed by atoms with van der Waals surface area (Å²) >= 11 is 0. The lowest BCUT2D eigenvalue weighted by Gasteiger charge is -2.23. The molecule has 2 aromatic rings. The minimum Gasteiger partial charge on any atom is -0.457 e. The van der Waals surface area contributed by atoms with Crippen molar-refractivity contribution < 1.29 is 13.9 Å². The van der Waals surface area contributed by atoms with Gasteiger partial charge in [-0.3, -0.25) is 4.79 Å². The molecule has 150 valence electrons. The predicted molar refractivity (Wildman–Crippen MR) is 109 cm³/mol. The van der Waals surface area contributed by atoms with E-state index >= 15 is 0 Å². The summed E-state index contributed by atoms with van der Waals surface area (Å²) < 4.78 is 18.8. The van der Waals surface area contributed by atoms with E-state index in [0.717, 1.165) is 49.2 Å². The number of carbonyl (C=O) groups excluding carboxylic acids is 1. The van der Waals surface area contributed by atoms with E-state index in [-0.39, 0.29) is 35.5 Å². The molecule has 1 aliphatic heterocycles. The summed E-state index contributed by atoms with van der Waals surface area (Å²) in [6.07, 6.45) is 3.25. The highest BCUT2D eigenvalue weighted by Gasteiger charge is 2.57. The van der Waals surface area contributed by atoms with Crippen LogP contribution in [-0.4, -0.2) is 19.0 Å². The van der Waals surface area contributed by atoms with Crippen molar-refractivity contribution in [3.8, 4) is 11.5 Å². The molecule has 1 saturated carbocycles. The van der Waals surface area contributed by atoms with Crippen molar-refractivity contribution in [2.75, 3.05) is 13.1 Å². The van der Waals surface area contributed by atoms with Crippen LogP contribution in [0.25, 0.3) is 0 Å². The van der Waals surface area contributed by atoms with Crippen LogP contribution in [0, 0.1) is 24.1 Å². The van der Waals surface area contributed by atoms with Crippen molar-refractivity contribution in [2.24, 2.45) is 11.3 Å². The van der Waals surface area contributed by atoms with Crippen LogP contribution in [0.3, 0.4) is 0 Å². The van der Waals surface area contributed by atoms with Gasteiger partial charge >= 0.3 is 0 Å². The molecule has 0 radical (unpaired) electrons. The maximum Gasteiger partial charge on any atom is 0.223 e. The van der Waals surface area contributed by atoms with Gasteiger partial charge in [0, 0.05) is 12.5 Å². The molecule has 6 heteroatoms. The number of piperidine rings is 1. The Morgan fingerprint density at radius 2 is 1.93 bits per heavy atom. The van der Waals surface area contributed by atoms with E-state index in [4.69, 9.17) is 4.74 Å². The maximum atomic E-state index is 13.0. The molecule has 4 rings (SSSR count). The Hall–Kier alpha value is -2.11. The van der Waals surface area contributed by atoms with Gasteiger partial charge in [0.05, 0.1) is 0 Å². The van der Waals surface area contributed by atoms with Gasteiger partial charge in [-0.1, -0.05) is 12.1 Å². The molecule has 2 aromatic carbocycles. The fourth-order valence-corrected chi connectivity index (χ4v) is 4.07. The zero-order valence-corrected chi connectivity index (χ0v) is 16.8. The minimum atomic E-state index is -0.285. The average Bonchev–Trinajstić information content (AvgIpc) is 3.37. The normalized spacial score (nSPS) is 19.6. The van der Waals surface area contributed by atoms with Gasteiger partial charge in [-0.05, 0) is 86.1 Å². The van der Waals surface area contributed by atoms with E-state index < -0.39 is 0 Å². The number of rotatable bonds is 5. The van der Waals surface area contributed by atoms with Crippen LogP contribution in [0.1, 0.15) is 30.4 Å². The highest BCUT2D eigenvalue weighted by Crippen LogP contribution is 2.58. The number of hydrogen-bond donors (Lipinski definition) is 2. The second-order valence-electron chi connectivity index (χ2n) is 7.74. The van der Waals surface area contributed by atoms with Crippen LogP contribution in [0.2, 0.25) is 0 Å². The Kier molecular flexibility index (Phi) is 6.26. The smallest absolute Gasteiger partial charge is 0.223 e. The van der Waals surface area contributed by atoms with Crippen LogP contribution in [0.5, 0.6) is 11.5 Å². The first kappa shape index (κ1) is 20.6. The molecule has 1 spiro atoms. The van der Waals surface area contributed by atoms with Crippen LogP contribution < -0.4 is 15.4 Å². The summed E-state index contributed by atoms with van der Waals surface area (Å²) in [7, 11) is 0. The van der Waals surface area contributed by atoms with Crippen LogP contribution in [-0.2, 0) is 11.3 Å². The van der Waals surface area contributed by atoms with Crippen LogP contribution in [0.4, 0.5) is 4.39 Å². The highest BCUT2D eigenvalue weighted by atomic mass is 35.5. The summed E-state index contributed by atoms with van der Waals surface area (Å²) in [5.41, 5.74) is 2.29. The van der Waals surface area contributed by atoms with Gasteiger partial charge in [0.25, 0.3) is 0 Å². The van der Waals surface area contributed by atoms with E-state index in [1.165, 1.54) is 12.1 Å². The maximum absolute atomic E-state index is 13.0. The SMILES string of the molecule is Cc1cc(CNC(=O)C2CC23CCNCC3)ccc1Oc1ccc(F)cc1.Cl. The third kappa shape index (κ3) is 4.47. The van der Waals surface area contributed by atoms with Gasteiger partial charge in [0.1, 0.15) is 17.3 Å². The molecule has 2 N–H and O–H groups in total. The first-order valence-corrected chi connectivity index (χ1v) is 9.57. The monoisotopic (exact) mass is 404 g/mol. The van der Waals surface area contributed by atoms with Crippen LogP contribution in [0.15, 0.2) is 42.5 Å². The second kappa shape index (κ2) is 8.50. The third-order valence-corrected chi connectivity index (χ3v) is 5.85. The first-order chi connectivity index (χ1) is 13.1. The quantitative estimate of drug-likeness (QED) is 0.778. The summed E-state index contributed by atoms with van der Waals surface area (Å²) in [6.45, 7) is 4.55. The summed E-state index contributed by atoms with van der Waals surface area (Å²) in [4.78, 5) is 12.5. The molecule has 0 bridgehead atoms. The van der Waals surface area contributed by atoms with E-state index in [1.807, 2.05) is 25.1 Å². The fourth-order valence-electron chi connectivity index (χ4n) is 4.07. The molecule has 1 amide bonds. The van der Waals surface area contributed by atoms with Crippen LogP contribution >= 0.6 is 12.4 Å². The predicted octanol–water partition coefficient (Wildman–Crippen LogP) is 4.35. The molecular weight excluding hydrogens is 379 g/mol. The first-order valence-electron chi connectivity index (χ1n) is 9.57. The Morgan fingerprint density at radius 1 is 1.21 bits per heavy atom. The average molecular weight is 405 g/mol. The minimum absolute atomic E-state index is 0. The Balaban J connectivity index is 0.00000225. The van der Waals surface area contributed by atoms with Gasteiger partial charge in [-0.15, -0.1) is 12.4 Å². The van der Waals surface area contributed by atoms with Crippen molar-refractivity contribution in [1.29, 1.82) is 0 Å². The number of nitrogens with one attached hydrogen (secondary N) is 2. The zero-order chi connectivity index (χ0) is 18.9. The Bertz CT molecular complexity index is 835. The van der Waals surface area contributed by atoms with Crippen molar-refractivity contribution in [2.45, 2.75) is 32.7 Å².